The van der Waals surface area contributed by atoms with Crippen LogP contribution in [0.3, 0.4) is 0 Å². The maximum Gasteiger partial charge on any atom is 0.331 e. The minimum absolute atomic E-state index is 0.282. The van der Waals surface area contributed by atoms with Crippen LogP contribution in [0.5, 0.6) is 0 Å². The van der Waals surface area contributed by atoms with Crippen molar-refractivity contribution in [3.05, 3.63) is 71.8 Å². The maximum absolute atomic E-state index is 12.6. The van der Waals surface area contributed by atoms with Gasteiger partial charge in [0.1, 0.15) is 6.04 Å². The molecule has 0 radical (unpaired) electrons. The summed E-state index contributed by atoms with van der Waals surface area (Å²) in [7, 11) is 0. The van der Waals surface area contributed by atoms with Gasteiger partial charge in [-0.1, -0.05) is 48.5 Å². The number of nitrogens with one attached hydrogen (secondary N) is 1. The van der Waals surface area contributed by atoms with Gasteiger partial charge in [-0.3, -0.25) is 9.59 Å². The van der Waals surface area contributed by atoms with Gasteiger partial charge < -0.3 is 15.3 Å². The SMILES string of the molecule is O=C(N[C@H]1CCN([C@@H](C(=O)O)c2ccccc2)C1=O)c1ccccc1. The van der Waals surface area contributed by atoms with Gasteiger partial charge in [-0.25, -0.2) is 4.79 Å². The average molecular weight is 338 g/mol. The van der Waals surface area contributed by atoms with E-state index in [1.54, 1.807) is 60.7 Å². The number of carboxylic acid groups (broad SMARTS) is 1. The monoisotopic (exact) mass is 338 g/mol. The molecule has 0 spiro atoms. The number of nitrogens with zero attached hydrogens (tertiary/aromatic N) is 1. The summed E-state index contributed by atoms with van der Waals surface area (Å²) >= 11 is 0. The lowest BCUT2D eigenvalue weighted by atomic mass is 10.1. The zero-order valence-corrected chi connectivity index (χ0v) is 13.5. The van der Waals surface area contributed by atoms with Crippen molar-refractivity contribution in [3.8, 4) is 0 Å². The van der Waals surface area contributed by atoms with Gasteiger partial charge in [0, 0.05) is 12.1 Å². The van der Waals surface area contributed by atoms with Crippen molar-refractivity contribution in [2.75, 3.05) is 6.54 Å². The second-order valence-corrected chi connectivity index (χ2v) is 5.86. The summed E-state index contributed by atoms with van der Waals surface area (Å²) in [6, 6.07) is 15.5. The summed E-state index contributed by atoms with van der Waals surface area (Å²) in [5.74, 6) is -1.80. The van der Waals surface area contributed by atoms with E-state index >= 15 is 0 Å². The molecule has 2 atom stereocenters. The fourth-order valence-corrected chi connectivity index (χ4v) is 3.01. The molecule has 2 aromatic carbocycles. The summed E-state index contributed by atoms with van der Waals surface area (Å²) in [4.78, 5) is 37.9. The quantitative estimate of drug-likeness (QED) is 0.871. The van der Waals surface area contributed by atoms with Gasteiger partial charge >= 0.3 is 5.97 Å². The van der Waals surface area contributed by atoms with Gasteiger partial charge in [0.25, 0.3) is 5.91 Å². The molecule has 0 aromatic heterocycles. The Balaban J connectivity index is 1.74. The van der Waals surface area contributed by atoms with Crippen LogP contribution >= 0.6 is 0 Å². The number of amides is 2. The number of benzene rings is 2. The number of hydrogen-bond acceptors (Lipinski definition) is 3. The molecule has 1 heterocycles. The number of hydrogen-bond donors (Lipinski definition) is 2. The summed E-state index contributed by atoms with van der Waals surface area (Å²) in [5.41, 5.74) is 1.00. The third kappa shape index (κ3) is 3.52. The molecule has 3 rings (SSSR count). The van der Waals surface area contributed by atoms with E-state index in [1.807, 2.05) is 0 Å². The van der Waals surface area contributed by atoms with E-state index in [1.165, 1.54) is 4.90 Å². The van der Waals surface area contributed by atoms with Crippen molar-refractivity contribution in [1.82, 2.24) is 10.2 Å². The molecule has 0 bridgehead atoms. The van der Waals surface area contributed by atoms with Crippen molar-refractivity contribution in [3.63, 3.8) is 0 Å². The second-order valence-electron chi connectivity index (χ2n) is 5.86. The fourth-order valence-electron chi connectivity index (χ4n) is 3.01. The zero-order valence-electron chi connectivity index (χ0n) is 13.5. The summed E-state index contributed by atoms with van der Waals surface area (Å²) in [6.45, 7) is 0.282. The Hall–Kier alpha value is -3.15. The normalized spacial score (nSPS) is 18.0. The van der Waals surface area contributed by atoms with E-state index < -0.39 is 18.1 Å². The molecule has 2 amide bonds. The van der Waals surface area contributed by atoms with Crippen LogP contribution in [0.2, 0.25) is 0 Å². The van der Waals surface area contributed by atoms with E-state index in [0.717, 1.165) is 0 Å². The van der Waals surface area contributed by atoms with Crippen molar-refractivity contribution in [2.45, 2.75) is 18.5 Å². The summed E-state index contributed by atoms with van der Waals surface area (Å²) in [6.07, 6.45) is 0.383. The molecule has 1 aliphatic heterocycles. The third-order valence-electron chi connectivity index (χ3n) is 4.24. The van der Waals surface area contributed by atoms with Crippen molar-refractivity contribution in [2.24, 2.45) is 0 Å². The Morgan fingerprint density at radius 1 is 1.04 bits per heavy atom. The largest absolute Gasteiger partial charge is 0.479 e. The lowest BCUT2D eigenvalue weighted by Crippen LogP contribution is -2.43. The third-order valence-corrected chi connectivity index (χ3v) is 4.24. The Bertz CT molecular complexity index is 777. The molecule has 0 aliphatic carbocycles. The van der Waals surface area contributed by atoms with Gasteiger partial charge in [-0.2, -0.15) is 0 Å². The number of carbonyl (C=O) groups is 3. The first kappa shape index (κ1) is 16.7. The van der Waals surface area contributed by atoms with Gasteiger partial charge in [-0.05, 0) is 24.1 Å². The van der Waals surface area contributed by atoms with Crippen LogP contribution in [0.25, 0.3) is 0 Å². The minimum Gasteiger partial charge on any atom is -0.479 e. The highest BCUT2D eigenvalue weighted by Gasteiger charge is 2.40. The molecule has 2 N–H and O–H groups in total. The zero-order chi connectivity index (χ0) is 17.8. The number of likely N-dealkylation sites (tertiary alicyclic amines) is 1. The van der Waals surface area contributed by atoms with Crippen LogP contribution in [-0.4, -0.2) is 40.4 Å². The Morgan fingerprint density at radius 2 is 1.64 bits per heavy atom. The number of rotatable bonds is 5. The number of carbonyl (C=O) groups excluding carboxylic acids is 2. The average Bonchev–Trinajstić information content (AvgIpc) is 2.97. The summed E-state index contributed by atoms with van der Waals surface area (Å²) in [5, 5.41) is 12.3. The lowest BCUT2D eigenvalue weighted by molar-refractivity contribution is -0.149. The molecule has 6 nitrogen and oxygen atoms in total. The van der Waals surface area contributed by atoms with Crippen LogP contribution in [0, 0.1) is 0 Å². The first-order chi connectivity index (χ1) is 12.1. The molecule has 0 unspecified atom stereocenters. The van der Waals surface area contributed by atoms with E-state index in [4.69, 9.17) is 0 Å². The van der Waals surface area contributed by atoms with E-state index in [-0.39, 0.29) is 18.4 Å². The topological polar surface area (TPSA) is 86.7 Å². The second kappa shape index (κ2) is 7.17. The molecule has 128 valence electrons. The number of carboxylic acids is 1. The van der Waals surface area contributed by atoms with E-state index in [9.17, 15) is 19.5 Å². The van der Waals surface area contributed by atoms with Crippen molar-refractivity contribution >= 4 is 17.8 Å². The minimum atomic E-state index is -1.09. The fraction of sp³-hybridized carbons (Fsp3) is 0.211. The molecule has 1 fully saturated rings. The van der Waals surface area contributed by atoms with E-state index in [2.05, 4.69) is 5.32 Å². The van der Waals surface area contributed by atoms with Gasteiger partial charge in [0.15, 0.2) is 6.04 Å². The standard InChI is InChI=1S/C19H18N2O4/c22-17(14-9-5-2-6-10-14)20-15-11-12-21(18(15)23)16(19(24)25)13-7-3-1-4-8-13/h1-10,15-16H,11-12H2,(H,20,22)(H,24,25)/t15-,16+/m0/s1. The van der Waals surface area contributed by atoms with E-state index in [0.29, 0.717) is 17.5 Å². The van der Waals surface area contributed by atoms with Crippen LogP contribution < -0.4 is 5.32 Å². The molecule has 0 saturated carbocycles. The molecule has 1 aliphatic rings. The maximum atomic E-state index is 12.6. The van der Waals surface area contributed by atoms with Crippen molar-refractivity contribution in [1.29, 1.82) is 0 Å². The van der Waals surface area contributed by atoms with Gasteiger partial charge in [0.2, 0.25) is 5.91 Å². The van der Waals surface area contributed by atoms with Crippen LogP contribution in [0.15, 0.2) is 60.7 Å². The summed E-state index contributed by atoms with van der Waals surface area (Å²) < 4.78 is 0. The molecular formula is C19H18N2O4. The molecule has 6 heteroatoms. The molecule has 2 aromatic rings. The van der Waals surface area contributed by atoms with Gasteiger partial charge in [0.05, 0.1) is 0 Å². The Labute approximate surface area is 145 Å². The van der Waals surface area contributed by atoms with Crippen molar-refractivity contribution < 1.29 is 19.5 Å². The smallest absolute Gasteiger partial charge is 0.331 e. The Kier molecular flexibility index (Phi) is 4.79. The predicted molar refractivity (Wildman–Crippen MR) is 90.8 cm³/mol. The van der Waals surface area contributed by atoms with Gasteiger partial charge in [-0.15, -0.1) is 0 Å². The molecule has 1 saturated heterocycles. The number of aliphatic carboxylic acids is 1. The van der Waals surface area contributed by atoms with Crippen LogP contribution in [0.4, 0.5) is 0 Å². The van der Waals surface area contributed by atoms with Crippen LogP contribution in [0.1, 0.15) is 28.4 Å². The van der Waals surface area contributed by atoms with Crippen LogP contribution in [-0.2, 0) is 9.59 Å². The lowest BCUT2D eigenvalue weighted by Gasteiger charge is -2.25. The molecule has 25 heavy (non-hydrogen) atoms. The highest BCUT2D eigenvalue weighted by atomic mass is 16.4. The first-order valence-corrected chi connectivity index (χ1v) is 8.02. The molecular weight excluding hydrogens is 320 g/mol. The first-order valence-electron chi connectivity index (χ1n) is 8.02. The Morgan fingerprint density at radius 3 is 2.24 bits per heavy atom. The highest BCUT2D eigenvalue weighted by molar-refractivity contribution is 5.98. The predicted octanol–water partition coefficient (Wildman–Crippen LogP) is 1.84. The highest BCUT2D eigenvalue weighted by Crippen LogP contribution is 2.26.